The fourth-order valence-corrected chi connectivity index (χ4v) is 4.09. The summed E-state index contributed by atoms with van der Waals surface area (Å²) in [5.74, 6) is 1.77. The van der Waals surface area contributed by atoms with Gasteiger partial charge in [0, 0.05) is 50.2 Å². The molecule has 2 aliphatic rings. The highest BCUT2D eigenvalue weighted by molar-refractivity contribution is 5.93. The van der Waals surface area contributed by atoms with Crippen molar-refractivity contribution in [2.45, 2.75) is 44.6 Å². The van der Waals surface area contributed by atoms with E-state index in [0.29, 0.717) is 17.5 Å². The number of aromatic nitrogens is 2. The minimum Gasteiger partial charge on any atom is -0.472 e. The number of ether oxygens (including phenoxy) is 1. The molecule has 0 saturated carbocycles. The lowest BCUT2D eigenvalue weighted by molar-refractivity contribution is 0.0682. The Hall–Kier alpha value is -2.08. The van der Waals surface area contributed by atoms with Crippen molar-refractivity contribution in [2.75, 3.05) is 26.3 Å². The zero-order valence-electron chi connectivity index (χ0n) is 14.7. The fraction of sp³-hybridized carbons (Fsp3) is 0.579. The normalized spacial score (nSPS) is 20.1. The molecule has 2 aliphatic heterocycles. The maximum atomic E-state index is 12.5. The average molecular weight is 343 g/mol. The number of aryl methyl sites for hydroxylation is 1. The molecule has 4 heterocycles. The Bertz CT molecular complexity index is 708. The molecule has 6 nitrogen and oxygen atoms in total. The third kappa shape index (κ3) is 3.23. The number of carbonyl (C=O) groups is 1. The first-order valence-electron chi connectivity index (χ1n) is 9.17. The fourth-order valence-electron chi connectivity index (χ4n) is 4.09. The SMILES string of the molecule is Cc1cnc(C2CCOCC2)n1C1CCN(C(=O)c2ccoc2)CC1. The summed E-state index contributed by atoms with van der Waals surface area (Å²) < 4.78 is 13.0. The van der Waals surface area contributed by atoms with Gasteiger partial charge in [0.25, 0.3) is 5.91 Å². The predicted molar refractivity (Wildman–Crippen MR) is 92.6 cm³/mol. The van der Waals surface area contributed by atoms with E-state index in [-0.39, 0.29) is 5.91 Å². The Labute approximate surface area is 147 Å². The van der Waals surface area contributed by atoms with E-state index in [9.17, 15) is 4.79 Å². The molecule has 2 saturated heterocycles. The zero-order chi connectivity index (χ0) is 17.2. The maximum absolute atomic E-state index is 12.5. The van der Waals surface area contributed by atoms with E-state index in [1.54, 1.807) is 12.3 Å². The van der Waals surface area contributed by atoms with Gasteiger partial charge >= 0.3 is 0 Å². The van der Waals surface area contributed by atoms with Crippen molar-refractivity contribution in [1.82, 2.24) is 14.5 Å². The second-order valence-corrected chi connectivity index (χ2v) is 7.05. The molecule has 0 unspecified atom stereocenters. The Morgan fingerprint density at radius 3 is 2.64 bits per heavy atom. The summed E-state index contributed by atoms with van der Waals surface area (Å²) in [6, 6.07) is 2.16. The van der Waals surface area contributed by atoms with Gasteiger partial charge in [-0.05, 0) is 38.7 Å². The lowest BCUT2D eigenvalue weighted by Crippen LogP contribution is -2.39. The summed E-state index contributed by atoms with van der Waals surface area (Å²) in [5, 5.41) is 0. The molecular weight excluding hydrogens is 318 g/mol. The minimum absolute atomic E-state index is 0.0687. The summed E-state index contributed by atoms with van der Waals surface area (Å²) in [6.45, 7) is 5.35. The molecule has 0 aromatic carbocycles. The average Bonchev–Trinajstić information content (AvgIpc) is 3.32. The molecule has 0 radical (unpaired) electrons. The molecule has 0 N–H and O–H groups in total. The minimum atomic E-state index is 0.0687. The Balaban J connectivity index is 1.46. The van der Waals surface area contributed by atoms with Gasteiger partial charge in [0.05, 0.1) is 11.8 Å². The molecule has 2 fully saturated rings. The van der Waals surface area contributed by atoms with E-state index in [1.807, 2.05) is 11.1 Å². The highest BCUT2D eigenvalue weighted by Crippen LogP contribution is 2.32. The molecule has 2 aromatic heterocycles. The largest absolute Gasteiger partial charge is 0.472 e. The third-order valence-electron chi connectivity index (χ3n) is 5.48. The lowest BCUT2D eigenvalue weighted by atomic mass is 9.97. The van der Waals surface area contributed by atoms with Crippen molar-refractivity contribution in [2.24, 2.45) is 0 Å². The monoisotopic (exact) mass is 343 g/mol. The van der Waals surface area contributed by atoms with Crippen LogP contribution in [0.2, 0.25) is 0 Å². The summed E-state index contributed by atoms with van der Waals surface area (Å²) >= 11 is 0. The first-order valence-corrected chi connectivity index (χ1v) is 9.17. The van der Waals surface area contributed by atoms with Crippen molar-refractivity contribution >= 4 is 5.91 Å². The number of likely N-dealkylation sites (tertiary alicyclic amines) is 1. The van der Waals surface area contributed by atoms with E-state index in [2.05, 4.69) is 11.5 Å². The van der Waals surface area contributed by atoms with Gasteiger partial charge in [-0.25, -0.2) is 4.98 Å². The molecule has 0 aliphatic carbocycles. The second kappa shape index (κ2) is 7.04. The molecular formula is C19H25N3O3. The van der Waals surface area contributed by atoms with Gasteiger partial charge < -0.3 is 18.6 Å². The quantitative estimate of drug-likeness (QED) is 0.859. The maximum Gasteiger partial charge on any atom is 0.257 e. The molecule has 25 heavy (non-hydrogen) atoms. The van der Waals surface area contributed by atoms with Gasteiger partial charge in [-0.3, -0.25) is 4.79 Å². The number of amides is 1. The van der Waals surface area contributed by atoms with Crippen LogP contribution in [0.15, 0.2) is 29.2 Å². The number of rotatable bonds is 3. The van der Waals surface area contributed by atoms with Crippen LogP contribution in [0.25, 0.3) is 0 Å². The summed E-state index contributed by atoms with van der Waals surface area (Å²) in [7, 11) is 0. The predicted octanol–water partition coefficient (Wildman–Crippen LogP) is 3.16. The highest BCUT2D eigenvalue weighted by atomic mass is 16.5. The summed E-state index contributed by atoms with van der Waals surface area (Å²) in [5.41, 5.74) is 1.86. The van der Waals surface area contributed by atoms with Crippen LogP contribution in [0.4, 0.5) is 0 Å². The topological polar surface area (TPSA) is 60.5 Å². The number of hydrogen-bond donors (Lipinski definition) is 0. The Morgan fingerprint density at radius 2 is 1.96 bits per heavy atom. The Kier molecular flexibility index (Phi) is 4.61. The van der Waals surface area contributed by atoms with E-state index in [1.165, 1.54) is 17.8 Å². The molecule has 0 bridgehead atoms. The van der Waals surface area contributed by atoms with Crippen LogP contribution >= 0.6 is 0 Å². The van der Waals surface area contributed by atoms with Crippen LogP contribution in [0, 0.1) is 6.92 Å². The van der Waals surface area contributed by atoms with E-state index < -0.39 is 0 Å². The van der Waals surface area contributed by atoms with Gasteiger partial charge in [0.2, 0.25) is 0 Å². The van der Waals surface area contributed by atoms with Gasteiger partial charge in [-0.2, -0.15) is 0 Å². The highest BCUT2D eigenvalue weighted by Gasteiger charge is 2.29. The number of imidazole rings is 1. The molecule has 6 heteroatoms. The molecule has 2 aromatic rings. The second-order valence-electron chi connectivity index (χ2n) is 7.05. The lowest BCUT2D eigenvalue weighted by Gasteiger charge is -2.35. The van der Waals surface area contributed by atoms with Gasteiger partial charge in [-0.1, -0.05) is 0 Å². The van der Waals surface area contributed by atoms with Gasteiger partial charge in [0.15, 0.2) is 0 Å². The first kappa shape index (κ1) is 16.4. The van der Waals surface area contributed by atoms with Crippen LogP contribution in [-0.4, -0.2) is 46.7 Å². The number of furan rings is 1. The molecule has 1 amide bonds. The number of piperidine rings is 1. The van der Waals surface area contributed by atoms with E-state index in [0.717, 1.165) is 52.0 Å². The van der Waals surface area contributed by atoms with E-state index >= 15 is 0 Å². The van der Waals surface area contributed by atoms with Crippen molar-refractivity contribution in [3.63, 3.8) is 0 Å². The van der Waals surface area contributed by atoms with Crippen molar-refractivity contribution < 1.29 is 13.9 Å². The van der Waals surface area contributed by atoms with Crippen LogP contribution in [-0.2, 0) is 4.74 Å². The van der Waals surface area contributed by atoms with Crippen molar-refractivity contribution in [3.8, 4) is 0 Å². The number of carbonyl (C=O) groups excluding carboxylic acids is 1. The molecule has 0 atom stereocenters. The molecule has 4 rings (SSSR count). The summed E-state index contributed by atoms with van der Waals surface area (Å²) in [6.07, 6.45) is 9.11. The van der Waals surface area contributed by atoms with E-state index in [4.69, 9.17) is 14.1 Å². The van der Waals surface area contributed by atoms with Gasteiger partial charge in [0.1, 0.15) is 12.1 Å². The molecule has 134 valence electrons. The molecule has 0 spiro atoms. The smallest absolute Gasteiger partial charge is 0.257 e. The van der Waals surface area contributed by atoms with Crippen molar-refractivity contribution in [1.29, 1.82) is 0 Å². The van der Waals surface area contributed by atoms with Crippen LogP contribution < -0.4 is 0 Å². The van der Waals surface area contributed by atoms with Crippen LogP contribution in [0.3, 0.4) is 0 Å². The van der Waals surface area contributed by atoms with Crippen LogP contribution in [0.1, 0.15) is 59.5 Å². The Morgan fingerprint density at radius 1 is 1.20 bits per heavy atom. The third-order valence-corrected chi connectivity index (χ3v) is 5.48. The van der Waals surface area contributed by atoms with Crippen LogP contribution in [0.5, 0.6) is 0 Å². The van der Waals surface area contributed by atoms with Gasteiger partial charge in [-0.15, -0.1) is 0 Å². The number of hydrogen-bond acceptors (Lipinski definition) is 4. The van der Waals surface area contributed by atoms with Crippen molar-refractivity contribution in [3.05, 3.63) is 41.9 Å². The first-order chi connectivity index (χ1) is 12.2. The summed E-state index contributed by atoms with van der Waals surface area (Å²) in [4.78, 5) is 19.1. The number of nitrogens with zero attached hydrogens (tertiary/aromatic N) is 3. The standard InChI is InChI=1S/C19H25N3O3/c1-14-12-20-18(15-4-9-24-10-5-15)22(14)17-2-7-21(8-3-17)19(23)16-6-11-25-13-16/h6,11-13,15,17H,2-5,7-10H2,1H3. The zero-order valence-corrected chi connectivity index (χ0v) is 14.7.